The minimum absolute atomic E-state index is 0.558. The van der Waals surface area contributed by atoms with Crippen LogP contribution >= 0.6 is 0 Å². The van der Waals surface area contributed by atoms with Gasteiger partial charge in [0.05, 0.1) is 0 Å². The number of aryl methyl sites for hydroxylation is 1. The van der Waals surface area contributed by atoms with E-state index in [4.69, 9.17) is 10.2 Å². The van der Waals surface area contributed by atoms with Crippen LogP contribution in [-0.4, -0.2) is 52.7 Å². The van der Waals surface area contributed by atoms with Crippen molar-refractivity contribution in [3.05, 3.63) is 47.5 Å². The number of nitrogens with one attached hydrogen (secondary N) is 1. The molecule has 0 amide bonds. The molecule has 0 spiro atoms. The summed E-state index contributed by atoms with van der Waals surface area (Å²) in [6, 6.07) is 9.63. The third kappa shape index (κ3) is 10.2. The molecule has 0 unspecified atom stereocenters. The molecule has 1 aliphatic rings. The highest BCUT2D eigenvalue weighted by Crippen LogP contribution is 2.21. The summed E-state index contributed by atoms with van der Waals surface area (Å²) in [7, 11) is 0. The summed E-state index contributed by atoms with van der Waals surface area (Å²) in [5.41, 5.74) is 2.93. The average molecular weight is 405 g/mol. The van der Waals surface area contributed by atoms with Gasteiger partial charge in [0.25, 0.3) is 0 Å². The van der Waals surface area contributed by atoms with E-state index in [1.54, 1.807) is 0 Å². The molecule has 1 aromatic rings. The van der Waals surface area contributed by atoms with Crippen LogP contribution in [0.1, 0.15) is 50.7 Å². The summed E-state index contributed by atoms with van der Waals surface area (Å²) in [4.78, 5) is 21.9. The second kappa shape index (κ2) is 13.9. The predicted molar refractivity (Wildman–Crippen MR) is 116 cm³/mol. The van der Waals surface area contributed by atoms with Gasteiger partial charge in [-0.2, -0.15) is 0 Å². The molecule has 29 heavy (non-hydrogen) atoms. The van der Waals surface area contributed by atoms with Gasteiger partial charge >= 0.3 is 11.9 Å². The Bertz CT molecular complexity index is 634. The van der Waals surface area contributed by atoms with E-state index in [2.05, 4.69) is 55.3 Å². The molecule has 3 N–H and O–H groups in total. The molecule has 0 bridgehead atoms. The highest BCUT2D eigenvalue weighted by atomic mass is 16.4. The summed E-state index contributed by atoms with van der Waals surface area (Å²) in [6.07, 6.45) is 6.31. The van der Waals surface area contributed by atoms with Gasteiger partial charge in [-0.25, -0.2) is 9.59 Å². The fraction of sp³-hybridized carbons (Fsp3) is 0.565. The van der Waals surface area contributed by atoms with Crippen LogP contribution in [0.4, 0.5) is 0 Å². The number of piperidine rings is 1. The van der Waals surface area contributed by atoms with E-state index in [-0.39, 0.29) is 0 Å². The summed E-state index contributed by atoms with van der Waals surface area (Å²) >= 11 is 0. The molecule has 1 fully saturated rings. The van der Waals surface area contributed by atoms with Crippen LogP contribution in [0.15, 0.2) is 36.4 Å². The van der Waals surface area contributed by atoms with Gasteiger partial charge in [-0.05, 0) is 49.9 Å². The maximum absolute atomic E-state index is 9.55. The van der Waals surface area contributed by atoms with Gasteiger partial charge in [0.2, 0.25) is 0 Å². The van der Waals surface area contributed by atoms with Crippen molar-refractivity contribution in [3.63, 3.8) is 0 Å². The van der Waals surface area contributed by atoms with Crippen molar-refractivity contribution >= 4 is 11.9 Å². The fourth-order valence-electron chi connectivity index (χ4n) is 3.54. The summed E-state index contributed by atoms with van der Waals surface area (Å²) < 4.78 is 0. The third-order valence-corrected chi connectivity index (χ3v) is 5.48. The van der Waals surface area contributed by atoms with Crippen LogP contribution in [0.3, 0.4) is 0 Å². The summed E-state index contributed by atoms with van der Waals surface area (Å²) in [6.45, 7) is 11.6. The van der Waals surface area contributed by atoms with E-state index in [1.165, 1.54) is 56.4 Å². The van der Waals surface area contributed by atoms with Crippen molar-refractivity contribution in [2.75, 3.05) is 19.6 Å². The monoisotopic (exact) mass is 404 g/mol. The van der Waals surface area contributed by atoms with Crippen molar-refractivity contribution in [3.8, 4) is 0 Å². The molecule has 6 heteroatoms. The molecule has 0 aromatic heterocycles. The quantitative estimate of drug-likeness (QED) is 0.544. The predicted octanol–water partition coefficient (Wildman–Crippen LogP) is 3.70. The van der Waals surface area contributed by atoms with Gasteiger partial charge in [-0.15, -0.1) is 0 Å². The molecule has 0 atom stereocenters. The van der Waals surface area contributed by atoms with Crippen molar-refractivity contribution in [2.45, 2.75) is 59.0 Å². The van der Waals surface area contributed by atoms with Crippen LogP contribution in [0.2, 0.25) is 0 Å². The number of rotatable bonds is 9. The molecule has 1 heterocycles. The summed E-state index contributed by atoms with van der Waals surface area (Å²) in [5.74, 6) is -1.68. The zero-order valence-corrected chi connectivity index (χ0v) is 17.9. The molecular weight excluding hydrogens is 368 g/mol. The lowest BCUT2D eigenvalue weighted by molar-refractivity contribution is -0.134. The number of hydrogen-bond donors (Lipinski definition) is 3. The number of carboxylic acid groups (broad SMARTS) is 2. The maximum atomic E-state index is 9.55. The Kier molecular flexibility index (Phi) is 11.9. The van der Waals surface area contributed by atoms with Crippen LogP contribution < -0.4 is 5.32 Å². The number of carboxylic acids is 2. The number of benzene rings is 1. The Morgan fingerprint density at radius 2 is 1.66 bits per heavy atom. The van der Waals surface area contributed by atoms with Crippen LogP contribution in [-0.2, 0) is 16.1 Å². The number of aliphatic carboxylic acids is 2. The smallest absolute Gasteiger partial charge is 0.328 e. The number of hydrogen-bond acceptors (Lipinski definition) is 4. The Hall–Kier alpha value is -2.18. The molecule has 1 saturated heterocycles. The van der Waals surface area contributed by atoms with E-state index in [9.17, 15) is 9.59 Å². The van der Waals surface area contributed by atoms with Gasteiger partial charge in [-0.3, -0.25) is 4.90 Å². The van der Waals surface area contributed by atoms with Gasteiger partial charge < -0.3 is 15.5 Å². The van der Waals surface area contributed by atoms with Crippen molar-refractivity contribution in [1.29, 1.82) is 0 Å². The Morgan fingerprint density at radius 1 is 1.10 bits per heavy atom. The van der Waals surface area contributed by atoms with Gasteiger partial charge in [0.1, 0.15) is 0 Å². The molecule has 2 rings (SSSR count). The molecule has 0 radical (unpaired) electrons. The zero-order chi connectivity index (χ0) is 21.6. The first kappa shape index (κ1) is 24.9. The lowest BCUT2D eigenvalue weighted by atomic mass is 9.97. The second-order valence-electron chi connectivity index (χ2n) is 7.53. The van der Waals surface area contributed by atoms with Crippen molar-refractivity contribution < 1.29 is 19.8 Å². The van der Waals surface area contributed by atoms with E-state index < -0.39 is 11.9 Å². The first-order valence-corrected chi connectivity index (χ1v) is 10.5. The number of nitrogens with zero attached hydrogens (tertiary/aromatic N) is 1. The first-order valence-electron chi connectivity index (χ1n) is 10.5. The normalized spacial score (nSPS) is 14.8. The Labute approximate surface area is 174 Å². The van der Waals surface area contributed by atoms with E-state index in [0.29, 0.717) is 12.2 Å². The zero-order valence-electron chi connectivity index (χ0n) is 17.9. The molecule has 6 nitrogen and oxygen atoms in total. The minimum Gasteiger partial charge on any atom is -0.478 e. The maximum Gasteiger partial charge on any atom is 0.328 e. The molecule has 0 saturated carbocycles. The van der Waals surface area contributed by atoms with Crippen LogP contribution in [0.5, 0.6) is 0 Å². The topological polar surface area (TPSA) is 89.9 Å². The average Bonchev–Trinajstić information content (AvgIpc) is 2.72. The standard InChI is InChI=1S/C19H32N2.C4H4O4/c1-4-17(5-2)14-21(19-10-12-20-13-11-19)15-18-9-7-6-8-16(18)3;5-3(6)1-2-4(7)8/h6-9,17,19-20H,4-5,10-15H2,1-3H3;1-2H,(H,5,6)(H,7,8). The van der Waals surface area contributed by atoms with Gasteiger partial charge in [-0.1, -0.05) is 51.0 Å². The van der Waals surface area contributed by atoms with E-state index in [0.717, 1.165) is 18.5 Å². The first-order chi connectivity index (χ1) is 13.9. The largest absolute Gasteiger partial charge is 0.478 e. The third-order valence-electron chi connectivity index (χ3n) is 5.48. The SMILES string of the molecule is CCC(CC)CN(Cc1ccccc1C)C1CCNCC1.O=C(O)C=CC(=O)O. The van der Waals surface area contributed by atoms with E-state index >= 15 is 0 Å². The Morgan fingerprint density at radius 3 is 2.14 bits per heavy atom. The molecule has 0 aliphatic carbocycles. The van der Waals surface area contributed by atoms with Gasteiger partial charge in [0, 0.05) is 31.3 Å². The highest BCUT2D eigenvalue weighted by Gasteiger charge is 2.23. The van der Waals surface area contributed by atoms with Crippen LogP contribution in [0.25, 0.3) is 0 Å². The molecule has 1 aliphatic heterocycles. The fourth-order valence-corrected chi connectivity index (χ4v) is 3.54. The molecule has 1 aromatic carbocycles. The van der Waals surface area contributed by atoms with Gasteiger partial charge in [0.15, 0.2) is 0 Å². The number of carbonyl (C=O) groups is 2. The molecule has 162 valence electrons. The minimum atomic E-state index is -1.26. The second-order valence-corrected chi connectivity index (χ2v) is 7.53. The lowest BCUT2D eigenvalue weighted by Gasteiger charge is -2.37. The lowest BCUT2D eigenvalue weighted by Crippen LogP contribution is -2.44. The highest BCUT2D eigenvalue weighted by molar-refractivity contribution is 5.89. The Balaban J connectivity index is 0.000000447. The summed E-state index contributed by atoms with van der Waals surface area (Å²) in [5, 5.41) is 19.1. The molecular formula is C23H36N2O4. The van der Waals surface area contributed by atoms with Crippen molar-refractivity contribution in [2.24, 2.45) is 5.92 Å². The van der Waals surface area contributed by atoms with E-state index in [1.807, 2.05) is 0 Å². The van der Waals surface area contributed by atoms with Crippen LogP contribution in [0, 0.1) is 12.8 Å². The van der Waals surface area contributed by atoms with Crippen molar-refractivity contribution in [1.82, 2.24) is 10.2 Å².